The molecule has 2 aromatic carbocycles. The Bertz CT molecular complexity index is 916. The maximum atomic E-state index is 11.6. The summed E-state index contributed by atoms with van der Waals surface area (Å²) in [6, 6.07) is 16.2. The molecule has 0 atom stereocenters. The molecular formula is C22H25N3O3S. The van der Waals surface area contributed by atoms with Crippen molar-refractivity contribution in [2.24, 2.45) is 0 Å². The summed E-state index contributed by atoms with van der Waals surface area (Å²) >= 11 is 1.55. The number of fused-ring (bicyclic) bond motifs is 1. The Morgan fingerprint density at radius 3 is 2.48 bits per heavy atom. The highest BCUT2D eigenvalue weighted by Crippen LogP contribution is 2.31. The Morgan fingerprint density at radius 2 is 1.76 bits per heavy atom. The second-order valence-corrected chi connectivity index (χ2v) is 8.04. The quantitative estimate of drug-likeness (QED) is 0.552. The van der Waals surface area contributed by atoms with Gasteiger partial charge in [-0.05, 0) is 36.8 Å². The average molecular weight is 412 g/mol. The van der Waals surface area contributed by atoms with E-state index in [1.165, 1.54) is 5.56 Å². The lowest BCUT2D eigenvalue weighted by Gasteiger charge is -2.34. The van der Waals surface area contributed by atoms with Crippen LogP contribution in [0, 0.1) is 0 Å². The highest BCUT2D eigenvalue weighted by atomic mass is 32.1. The second kappa shape index (κ2) is 9.35. The minimum atomic E-state index is -0.135. The Morgan fingerprint density at radius 1 is 1.03 bits per heavy atom. The minimum absolute atomic E-state index is 0.135. The van der Waals surface area contributed by atoms with E-state index in [4.69, 9.17) is 9.47 Å². The molecule has 1 aromatic heterocycles. The second-order valence-electron chi connectivity index (χ2n) is 7.05. The molecule has 7 heteroatoms. The Balaban J connectivity index is 1.27. The summed E-state index contributed by atoms with van der Waals surface area (Å²) in [7, 11) is 0. The number of rotatable bonds is 7. The van der Waals surface area contributed by atoms with E-state index in [0.717, 1.165) is 48.7 Å². The molecule has 0 radical (unpaired) electrons. The zero-order valence-corrected chi connectivity index (χ0v) is 17.4. The first kappa shape index (κ1) is 19.8. The van der Waals surface area contributed by atoms with E-state index in [1.54, 1.807) is 11.3 Å². The first-order valence-electron chi connectivity index (χ1n) is 9.92. The monoisotopic (exact) mass is 411 g/mol. The molecule has 29 heavy (non-hydrogen) atoms. The predicted molar refractivity (Wildman–Crippen MR) is 114 cm³/mol. The lowest BCUT2D eigenvalue weighted by molar-refractivity contribution is -0.144. The van der Waals surface area contributed by atoms with Crippen LogP contribution in [0.4, 0.5) is 0 Å². The lowest BCUT2D eigenvalue weighted by atomic mass is 10.2. The number of para-hydroxylation sites is 1. The van der Waals surface area contributed by atoms with Crippen LogP contribution in [0.3, 0.4) is 0 Å². The van der Waals surface area contributed by atoms with Crippen LogP contribution in [0.5, 0.6) is 10.9 Å². The first-order chi connectivity index (χ1) is 14.2. The maximum absolute atomic E-state index is 11.6. The van der Waals surface area contributed by atoms with Gasteiger partial charge < -0.3 is 9.47 Å². The Kier molecular flexibility index (Phi) is 6.39. The van der Waals surface area contributed by atoms with Crippen molar-refractivity contribution in [3.63, 3.8) is 0 Å². The number of thiazole rings is 1. The fraction of sp³-hybridized carbons (Fsp3) is 0.364. The van der Waals surface area contributed by atoms with Gasteiger partial charge in [-0.1, -0.05) is 35.6 Å². The molecule has 1 fully saturated rings. The molecule has 3 aromatic rings. The molecule has 6 nitrogen and oxygen atoms in total. The summed E-state index contributed by atoms with van der Waals surface area (Å²) in [4.78, 5) is 20.7. The summed E-state index contributed by atoms with van der Waals surface area (Å²) in [6.45, 7) is 7.23. The van der Waals surface area contributed by atoms with Crippen molar-refractivity contribution in [2.75, 3.05) is 39.3 Å². The van der Waals surface area contributed by atoms with Gasteiger partial charge in [-0.25, -0.2) is 4.98 Å². The van der Waals surface area contributed by atoms with Crippen LogP contribution in [0.15, 0.2) is 48.5 Å². The fourth-order valence-electron chi connectivity index (χ4n) is 3.41. The van der Waals surface area contributed by atoms with Gasteiger partial charge in [0.15, 0.2) is 0 Å². The van der Waals surface area contributed by atoms with E-state index in [0.29, 0.717) is 18.3 Å². The van der Waals surface area contributed by atoms with Gasteiger partial charge in [-0.2, -0.15) is 0 Å². The van der Waals surface area contributed by atoms with E-state index in [1.807, 2.05) is 37.3 Å². The molecule has 0 bridgehead atoms. The van der Waals surface area contributed by atoms with E-state index in [2.05, 4.69) is 33.0 Å². The van der Waals surface area contributed by atoms with Crippen LogP contribution in [0.2, 0.25) is 0 Å². The van der Waals surface area contributed by atoms with Gasteiger partial charge in [0.2, 0.25) is 0 Å². The number of nitrogens with zero attached hydrogens (tertiary/aromatic N) is 3. The fourth-order valence-corrected chi connectivity index (χ4v) is 4.25. The maximum Gasteiger partial charge on any atom is 0.320 e. The molecule has 152 valence electrons. The molecule has 0 aliphatic carbocycles. The smallest absolute Gasteiger partial charge is 0.320 e. The number of ether oxygens (including phenoxy) is 2. The molecule has 1 aliphatic heterocycles. The van der Waals surface area contributed by atoms with Crippen LogP contribution < -0.4 is 4.74 Å². The Labute approximate surface area is 174 Å². The van der Waals surface area contributed by atoms with Crippen LogP contribution >= 0.6 is 11.3 Å². The highest BCUT2D eigenvalue weighted by Gasteiger charge is 2.19. The lowest BCUT2D eigenvalue weighted by Crippen LogP contribution is -2.47. The molecule has 0 N–H and O–H groups in total. The number of hydrogen-bond donors (Lipinski definition) is 0. The number of esters is 1. The number of carbonyl (C=O) groups excluding carboxylic acids is 1. The summed E-state index contributed by atoms with van der Waals surface area (Å²) < 4.78 is 12.1. The van der Waals surface area contributed by atoms with E-state index in [-0.39, 0.29) is 5.97 Å². The molecular weight excluding hydrogens is 386 g/mol. The standard InChI is InChI=1S/C22H25N3O3S/c1-2-27-21(26)16-25-13-11-24(12-14-25)15-17-7-9-18(10-8-17)28-22-23-19-5-3-4-6-20(19)29-22/h3-10H,2,11-16H2,1H3. The molecule has 2 heterocycles. The van der Waals surface area contributed by atoms with Gasteiger partial charge in [-0.3, -0.25) is 14.6 Å². The number of piperazine rings is 1. The number of hydrogen-bond acceptors (Lipinski definition) is 7. The van der Waals surface area contributed by atoms with Gasteiger partial charge in [0.1, 0.15) is 5.75 Å². The van der Waals surface area contributed by atoms with Gasteiger partial charge in [0, 0.05) is 32.7 Å². The van der Waals surface area contributed by atoms with E-state index >= 15 is 0 Å². The minimum Gasteiger partial charge on any atom is -0.465 e. The van der Waals surface area contributed by atoms with Crippen LogP contribution in [0.1, 0.15) is 12.5 Å². The molecule has 0 unspecified atom stereocenters. The third-order valence-corrected chi connectivity index (χ3v) is 5.85. The summed E-state index contributed by atoms with van der Waals surface area (Å²) in [5, 5.41) is 0.664. The average Bonchev–Trinajstić information content (AvgIpc) is 3.13. The number of aromatic nitrogens is 1. The van der Waals surface area contributed by atoms with Gasteiger partial charge in [0.05, 0.1) is 23.4 Å². The summed E-state index contributed by atoms with van der Waals surface area (Å²) in [6.07, 6.45) is 0. The Hall–Kier alpha value is -2.48. The van der Waals surface area contributed by atoms with Crippen LogP contribution in [0.25, 0.3) is 10.2 Å². The van der Waals surface area contributed by atoms with Gasteiger partial charge >= 0.3 is 5.97 Å². The van der Waals surface area contributed by atoms with E-state index in [9.17, 15) is 4.79 Å². The number of benzene rings is 2. The summed E-state index contributed by atoms with van der Waals surface area (Å²) in [5.74, 6) is 0.664. The van der Waals surface area contributed by atoms with Crippen molar-refractivity contribution in [3.8, 4) is 10.9 Å². The molecule has 0 amide bonds. The van der Waals surface area contributed by atoms with Crippen molar-refractivity contribution in [3.05, 3.63) is 54.1 Å². The zero-order chi connectivity index (χ0) is 20.1. The molecule has 1 aliphatic rings. The van der Waals surface area contributed by atoms with Gasteiger partial charge in [0.25, 0.3) is 5.19 Å². The molecule has 0 spiro atoms. The van der Waals surface area contributed by atoms with Crippen molar-refractivity contribution >= 4 is 27.5 Å². The topological polar surface area (TPSA) is 54.9 Å². The van der Waals surface area contributed by atoms with E-state index < -0.39 is 0 Å². The first-order valence-corrected chi connectivity index (χ1v) is 10.7. The molecule has 4 rings (SSSR count). The number of carbonyl (C=O) groups is 1. The summed E-state index contributed by atoms with van der Waals surface area (Å²) in [5.41, 5.74) is 2.21. The van der Waals surface area contributed by atoms with Gasteiger partial charge in [-0.15, -0.1) is 0 Å². The predicted octanol–water partition coefficient (Wildman–Crippen LogP) is 3.77. The van der Waals surface area contributed by atoms with Crippen molar-refractivity contribution in [1.29, 1.82) is 0 Å². The highest BCUT2D eigenvalue weighted by molar-refractivity contribution is 7.20. The van der Waals surface area contributed by atoms with Crippen molar-refractivity contribution in [2.45, 2.75) is 13.5 Å². The molecule has 1 saturated heterocycles. The van der Waals surface area contributed by atoms with Crippen molar-refractivity contribution in [1.82, 2.24) is 14.8 Å². The molecule has 0 saturated carbocycles. The van der Waals surface area contributed by atoms with Crippen LogP contribution in [-0.2, 0) is 16.1 Å². The van der Waals surface area contributed by atoms with Crippen LogP contribution in [-0.4, -0.2) is 60.1 Å². The third-order valence-electron chi connectivity index (χ3n) is 4.93. The zero-order valence-electron chi connectivity index (χ0n) is 16.5. The van der Waals surface area contributed by atoms with Crippen molar-refractivity contribution < 1.29 is 14.3 Å². The SMILES string of the molecule is CCOC(=O)CN1CCN(Cc2ccc(Oc3nc4ccccc4s3)cc2)CC1. The largest absolute Gasteiger partial charge is 0.465 e. The normalized spacial score (nSPS) is 15.5. The third kappa shape index (κ3) is 5.32.